The van der Waals surface area contributed by atoms with E-state index in [2.05, 4.69) is 0 Å². The lowest BCUT2D eigenvalue weighted by Gasteiger charge is -2.26. The Morgan fingerprint density at radius 1 is 1.07 bits per heavy atom. The maximum Gasteiger partial charge on any atom is 0.416 e. The Hall–Kier alpha value is -2.39. The van der Waals surface area contributed by atoms with Gasteiger partial charge in [-0.25, -0.2) is 13.2 Å². The lowest BCUT2D eigenvalue weighted by molar-refractivity contribution is -0.137. The number of nitrogens with zero attached hydrogens (tertiary/aromatic N) is 1. The fourth-order valence-electron chi connectivity index (χ4n) is 3.32. The van der Waals surface area contributed by atoms with Crippen LogP contribution in [0.25, 0.3) is 0 Å². The highest BCUT2D eigenvalue weighted by Crippen LogP contribution is 2.30. The summed E-state index contributed by atoms with van der Waals surface area (Å²) in [6.07, 6.45) is -1.93. The van der Waals surface area contributed by atoms with E-state index in [1.54, 1.807) is 6.92 Å². The van der Waals surface area contributed by atoms with Crippen molar-refractivity contribution in [3.63, 3.8) is 0 Å². The minimum absolute atomic E-state index is 0.0307. The highest BCUT2D eigenvalue weighted by molar-refractivity contribution is 7.89. The molecule has 5 nitrogen and oxygen atoms in total. The molecular formula is C21H22F3NO4S. The first-order valence-electron chi connectivity index (χ1n) is 9.53. The maximum absolute atomic E-state index is 13.0. The summed E-state index contributed by atoms with van der Waals surface area (Å²) in [5.74, 6) is -0.803. The third-order valence-electron chi connectivity index (χ3n) is 4.98. The molecule has 30 heavy (non-hydrogen) atoms. The Kier molecular flexibility index (Phi) is 6.52. The Morgan fingerprint density at radius 2 is 1.77 bits per heavy atom. The summed E-state index contributed by atoms with van der Waals surface area (Å²) in [6, 6.07) is 8.74. The Labute approximate surface area is 173 Å². The molecule has 2 aromatic carbocycles. The summed E-state index contributed by atoms with van der Waals surface area (Å²) in [5.41, 5.74) is -0.106. The number of ether oxygens (including phenoxy) is 1. The summed E-state index contributed by atoms with van der Waals surface area (Å²) >= 11 is 0. The molecular weight excluding hydrogens is 419 g/mol. The average Bonchev–Trinajstić information content (AvgIpc) is 2.72. The first-order valence-corrected chi connectivity index (χ1v) is 11.0. The van der Waals surface area contributed by atoms with Gasteiger partial charge >= 0.3 is 12.1 Å². The van der Waals surface area contributed by atoms with Gasteiger partial charge in [0.2, 0.25) is 10.0 Å². The first-order chi connectivity index (χ1) is 14.1. The van der Waals surface area contributed by atoms with E-state index in [9.17, 15) is 26.4 Å². The van der Waals surface area contributed by atoms with Crippen molar-refractivity contribution in [1.29, 1.82) is 0 Å². The van der Waals surface area contributed by atoms with E-state index in [1.165, 1.54) is 34.6 Å². The predicted molar refractivity (Wildman–Crippen MR) is 104 cm³/mol. The minimum Gasteiger partial charge on any atom is -0.457 e. The fourth-order valence-corrected chi connectivity index (χ4v) is 5.09. The van der Waals surface area contributed by atoms with E-state index < -0.39 is 27.7 Å². The smallest absolute Gasteiger partial charge is 0.416 e. The van der Waals surface area contributed by atoms with Crippen LogP contribution in [-0.2, 0) is 27.5 Å². The van der Waals surface area contributed by atoms with Gasteiger partial charge in [-0.1, -0.05) is 24.6 Å². The standard InChI is InChI=1S/C21H22F3NO4S/c1-15-8-9-17(13-19(15)30(27,28)25-10-3-2-4-11-25)20(26)29-14-16-6-5-7-18(12-16)21(22,23)24/h5-9,12-13H,2-4,10-11,14H2,1H3. The molecule has 1 aliphatic rings. The number of hydrogen-bond acceptors (Lipinski definition) is 4. The van der Waals surface area contributed by atoms with Gasteiger partial charge in [0.1, 0.15) is 6.61 Å². The molecule has 0 unspecified atom stereocenters. The fraction of sp³-hybridized carbons (Fsp3) is 0.381. The molecule has 0 N–H and O–H groups in total. The van der Waals surface area contributed by atoms with Crippen LogP contribution in [-0.4, -0.2) is 31.8 Å². The molecule has 3 rings (SSSR count). The van der Waals surface area contributed by atoms with Crippen molar-refractivity contribution in [2.24, 2.45) is 0 Å². The zero-order chi connectivity index (χ0) is 21.9. The van der Waals surface area contributed by atoms with Gasteiger partial charge in [0, 0.05) is 13.1 Å². The van der Waals surface area contributed by atoms with E-state index in [0.717, 1.165) is 31.4 Å². The monoisotopic (exact) mass is 441 g/mol. The molecule has 0 bridgehead atoms. The minimum atomic E-state index is -4.49. The second kappa shape index (κ2) is 8.77. The molecule has 1 heterocycles. The van der Waals surface area contributed by atoms with Crippen LogP contribution in [0.1, 0.15) is 46.3 Å². The van der Waals surface area contributed by atoms with E-state index in [-0.39, 0.29) is 22.6 Å². The molecule has 9 heteroatoms. The number of halogens is 3. The molecule has 0 aromatic heterocycles. The van der Waals surface area contributed by atoms with Gasteiger partial charge < -0.3 is 4.74 Å². The second-order valence-corrected chi connectivity index (χ2v) is 9.13. The summed E-state index contributed by atoms with van der Waals surface area (Å²) in [5, 5.41) is 0. The Bertz CT molecular complexity index is 1030. The molecule has 0 aliphatic carbocycles. The topological polar surface area (TPSA) is 63.7 Å². The third-order valence-corrected chi connectivity index (χ3v) is 7.02. The number of sulfonamides is 1. The van der Waals surface area contributed by atoms with Gasteiger partial charge in [-0.2, -0.15) is 17.5 Å². The van der Waals surface area contributed by atoms with Crippen molar-refractivity contribution in [2.45, 2.75) is 43.9 Å². The van der Waals surface area contributed by atoms with Crippen molar-refractivity contribution < 1.29 is 31.1 Å². The third kappa shape index (κ3) is 5.02. The first kappa shape index (κ1) is 22.3. The SMILES string of the molecule is Cc1ccc(C(=O)OCc2cccc(C(F)(F)F)c2)cc1S(=O)(=O)N1CCCCC1. The highest BCUT2D eigenvalue weighted by Gasteiger charge is 2.31. The van der Waals surface area contributed by atoms with Crippen LogP contribution in [0.5, 0.6) is 0 Å². The molecule has 1 aliphatic heterocycles. The molecule has 0 atom stereocenters. The van der Waals surface area contributed by atoms with Crippen LogP contribution in [0.4, 0.5) is 13.2 Å². The second-order valence-electron chi connectivity index (χ2n) is 7.22. The number of carbonyl (C=O) groups excluding carboxylic acids is 1. The lowest BCUT2D eigenvalue weighted by Crippen LogP contribution is -2.36. The molecule has 2 aromatic rings. The van der Waals surface area contributed by atoms with E-state index in [4.69, 9.17) is 4.74 Å². The lowest BCUT2D eigenvalue weighted by atomic mass is 10.1. The number of esters is 1. The molecule has 0 amide bonds. The largest absolute Gasteiger partial charge is 0.457 e. The summed E-state index contributed by atoms with van der Waals surface area (Å²) in [6.45, 7) is 2.16. The molecule has 1 saturated heterocycles. The number of benzene rings is 2. The molecule has 0 radical (unpaired) electrons. The number of alkyl halides is 3. The summed E-state index contributed by atoms with van der Waals surface area (Å²) in [7, 11) is -3.74. The van der Waals surface area contributed by atoms with Crippen LogP contribution in [0.2, 0.25) is 0 Å². The normalized spacial score (nSPS) is 15.7. The van der Waals surface area contributed by atoms with Gasteiger partial charge in [0.05, 0.1) is 16.0 Å². The summed E-state index contributed by atoms with van der Waals surface area (Å²) in [4.78, 5) is 12.5. The van der Waals surface area contributed by atoms with E-state index in [1.807, 2.05) is 0 Å². The molecule has 0 spiro atoms. The Morgan fingerprint density at radius 3 is 2.43 bits per heavy atom. The predicted octanol–water partition coefficient (Wildman–Crippen LogP) is 4.55. The van der Waals surface area contributed by atoms with Gasteiger partial charge in [0.25, 0.3) is 0 Å². The van der Waals surface area contributed by atoms with Gasteiger partial charge in [-0.15, -0.1) is 0 Å². The van der Waals surface area contributed by atoms with Gasteiger partial charge in [-0.05, 0) is 55.2 Å². The van der Waals surface area contributed by atoms with Crippen molar-refractivity contribution in [3.8, 4) is 0 Å². The maximum atomic E-state index is 13.0. The van der Waals surface area contributed by atoms with Crippen LogP contribution in [0.15, 0.2) is 47.4 Å². The van der Waals surface area contributed by atoms with Crippen molar-refractivity contribution in [1.82, 2.24) is 4.31 Å². The quantitative estimate of drug-likeness (QED) is 0.639. The molecule has 1 fully saturated rings. The van der Waals surface area contributed by atoms with Gasteiger partial charge in [-0.3, -0.25) is 0 Å². The number of hydrogen-bond donors (Lipinski definition) is 0. The van der Waals surface area contributed by atoms with Crippen LogP contribution in [0, 0.1) is 6.92 Å². The van der Waals surface area contributed by atoms with Crippen molar-refractivity contribution in [3.05, 3.63) is 64.7 Å². The average molecular weight is 441 g/mol. The molecule has 0 saturated carbocycles. The van der Waals surface area contributed by atoms with Crippen molar-refractivity contribution in [2.75, 3.05) is 13.1 Å². The number of rotatable bonds is 5. The van der Waals surface area contributed by atoms with Crippen molar-refractivity contribution >= 4 is 16.0 Å². The zero-order valence-corrected chi connectivity index (χ0v) is 17.2. The Balaban J connectivity index is 1.77. The van der Waals surface area contributed by atoms with Crippen LogP contribution >= 0.6 is 0 Å². The number of aryl methyl sites for hydroxylation is 1. The van der Waals surface area contributed by atoms with E-state index in [0.29, 0.717) is 18.7 Å². The summed E-state index contributed by atoms with van der Waals surface area (Å²) < 4.78 is 70.9. The van der Waals surface area contributed by atoms with E-state index >= 15 is 0 Å². The number of carbonyl (C=O) groups is 1. The van der Waals surface area contributed by atoms with Crippen LogP contribution in [0.3, 0.4) is 0 Å². The molecule has 162 valence electrons. The highest BCUT2D eigenvalue weighted by atomic mass is 32.2. The zero-order valence-electron chi connectivity index (χ0n) is 16.4. The van der Waals surface area contributed by atoms with Gasteiger partial charge in [0.15, 0.2) is 0 Å². The van der Waals surface area contributed by atoms with Crippen LogP contribution < -0.4 is 0 Å². The number of piperidine rings is 1.